The first-order valence-electron chi connectivity index (χ1n) is 20.0. The molecule has 0 saturated carbocycles. The van der Waals surface area contributed by atoms with E-state index in [0.717, 1.165) is 38.9 Å². The quantitative estimate of drug-likeness (QED) is 0.175. The lowest BCUT2D eigenvalue weighted by molar-refractivity contribution is 0.359. The lowest BCUT2D eigenvalue weighted by atomic mass is 9.67. The molecule has 59 heavy (non-hydrogen) atoms. The number of fused-ring (bicyclic) bond motifs is 7. The molecule has 0 N–H and O–H groups in total. The summed E-state index contributed by atoms with van der Waals surface area (Å²) in [6, 6.07) is 72.7. The Morgan fingerprint density at radius 2 is 0.915 bits per heavy atom. The highest BCUT2D eigenvalue weighted by molar-refractivity contribution is 5.94. The van der Waals surface area contributed by atoms with E-state index in [4.69, 9.17) is 19.4 Å². The maximum Gasteiger partial charge on any atom is 0.170 e. The van der Waals surface area contributed by atoms with E-state index in [1.54, 1.807) is 0 Å². The van der Waals surface area contributed by atoms with E-state index in [2.05, 4.69) is 170 Å². The Kier molecular flexibility index (Phi) is 7.41. The minimum Gasteiger partial charge on any atom is -0.450 e. The molecule has 276 valence electrons. The summed E-state index contributed by atoms with van der Waals surface area (Å²) in [7, 11) is 0. The maximum atomic E-state index is 6.50. The molecular formula is C55H34N2O2. The summed E-state index contributed by atoms with van der Waals surface area (Å²) in [4.78, 5) is 10.4. The van der Waals surface area contributed by atoms with E-state index in [1.807, 2.05) is 36.4 Å². The molecule has 1 aliphatic carbocycles. The molecule has 0 atom stereocenters. The van der Waals surface area contributed by atoms with Gasteiger partial charge in [0.2, 0.25) is 0 Å². The van der Waals surface area contributed by atoms with Crippen LogP contribution in [-0.4, -0.2) is 9.97 Å². The molecule has 1 aromatic heterocycles. The third-order valence-electron chi connectivity index (χ3n) is 12.0. The molecule has 0 fully saturated rings. The number of aromatic nitrogens is 2. The van der Waals surface area contributed by atoms with E-state index >= 15 is 0 Å². The van der Waals surface area contributed by atoms with Crippen LogP contribution in [-0.2, 0) is 5.41 Å². The average molecular weight is 755 g/mol. The first-order valence-corrected chi connectivity index (χ1v) is 20.0. The van der Waals surface area contributed by atoms with Crippen LogP contribution in [0, 0.1) is 0 Å². The van der Waals surface area contributed by atoms with Gasteiger partial charge in [-0.15, -0.1) is 0 Å². The van der Waals surface area contributed by atoms with Gasteiger partial charge in [0.05, 0.1) is 16.6 Å². The lowest BCUT2D eigenvalue weighted by Gasteiger charge is -2.34. The molecular weight excluding hydrogens is 721 g/mol. The van der Waals surface area contributed by atoms with Crippen LogP contribution < -0.4 is 9.47 Å². The van der Waals surface area contributed by atoms with E-state index in [0.29, 0.717) is 28.8 Å². The van der Waals surface area contributed by atoms with E-state index in [-0.39, 0.29) is 0 Å². The van der Waals surface area contributed by atoms with Gasteiger partial charge in [-0.1, -0.05) is 170 Å². The second-order valence-electron chi connectivity index (χ2n) is 15.3. The molecule has 10 aromatic rings. The minimum atomic E-state index is -0.622. The van der Waals surface area contributed by atoms with Gasteiger partial charge in [-0.2, -0.15) is 0 Å². The number of nitrogens with zero attached hydrogens (tertiary/aromatic N) is 2. The largest absolute Gasteiger partial charge is 0.450 e. The zero-order valence-electron chi connectivity index (χ0n) is 31.8. The summed E-state index contributed by atoms with van der Waals surface area (Å²) in [6.45, 7) is 0. The highest BCUT2D eigenvalue weighted by Crippen LogP contribution is 2.58. The van der Waals surface area contributed by atoms with Crippen molar-refractivity contribution in [2.75, 3.05) is 0 Å². The predicted molar refractivity (Wildman–Crippen MR) is 237 cm³/mol. The fraction of sp³-hybridized carbons (Fsp3) is 0.0182. The monoisotopic (exact) mass is 754 g/mol. The zero-order chi connectivity index (χ0) is 38.9. The van der Waals surface area contributed by atoms with Gasteiger partial charge in [0.25, 0.3) is 0 Å². The van der Waals surface area contributed by atoms with Crippen molar-refractivity contribution in [3.05, 3.63) is 229 Å². The predicted octanol–water partition coefficient (Wildman–Crippen LogP) is 14.0. The number of hydrogen-bond donors (Lipinski definition) is 0. The van der Waals surface area contributed by atoms with Crippen LogP contribution in [0.15, 0.2) is 206 Å². The SMILES string of the molecule is c1ccc2c(c1)Oc1ccc(C3(c4ccc(-c5nc(-c6ccc(-c7ccc8ccccc8c7)cc6)c6ccccc6n5)cc4)c4ccccc4-c4ccccc43)cc1O2. The molecule has 0 radical (unpaired) electrons. The summed E-state index contributed by atoms with van der Waals surface area (Å²) in [5.74, 6) is 3.50. The Morgan fingerprint density at radius 3 is 1.68 bits per heavy atom. The van der Waals surface area contributed by atoms with Crippen molar-refractivity contribution >= 4 is 21.7 Å². The van der Waals surface area contributed by atoms with Gasteiger partial charge in [0, 0.05) is 16.5 Å². The second-order valence-corrected chi connectivity index (χ2v) is 15.3. The number of rotatable bonds is 5. The van der Waals surface area contributed by atoms with Gasteiger partial charge in [0.15, 0.2) is 28.8 Å². The van der Waals surface area contributed by atoms with Gasteiger partial charge in [-0.25, -0.2) is 9.97 Å². The van der Waals surface area contributed by atoms with Crippen LogP contribution in [0.4, 0.5) is 0 Å². The molecule has 2 aliphatic rings. The Bertz CT molecular complexity index is 3230. The Hall–Kier alpha value is -7.82. The first-order chi connectivity index (χ1) is 29.2. The van der Waals surface area contributed by atoms with Gasteiger partial charge < -0.3 is 9.47 Å². The van der Waals surface area contributed by atoms with Crippen LogP contribution in [0.1, 0.15) is 22.3 Å². The molecule has 0 spiro atoms. The van der Waals surface area contributed by atoms with E-state index in [1.165, 1.54) is 44.2 Å². The molecule has 9 aromatic carbocycles. The van der Waals surface area contributed by atoms with Crippen molar-refractivity contribution in [2.45, 2.75) is 5.41 Å². The molecule has 4 nitrogen and oxygen atoms in total. The van der Waals surface area contributed by atoms with E-state index < -0.39 is 5.41 Å². The Labute approximate surface area is 341 Å². The Morgan fingerprint density at radius 1 is 0.356 bits per heavy atom. The summed E-state index contributed by atoms with van der Waals surface area (Å²) < 4.78 is 12.8. The van der Waals surface area contributed by atoms with Crippen LogP contribution >= 0.6 is 0 Å². The highest BCUT2D eigenvalue weighted by atomic mass is 16.6. The number of benzene rings is 9. The molecule has 0 saturated heterocycles. The molecule has 0 bridgehead atoms. The normalized spacial score (nSPS) is 13.2. The minimum absolute atomic E-state index is 0.622. The van der Waals surface area contributed by atoms with Crippen molar-refractivity contribution in [1.29, 1.82) is 0 Å². The van der Waals surface area contributed by atoms with Gasteiger partial charge in [0.1, 0.15) is 0 Å². The molecule has 2 heterocycles. The van der Waals surface area contributed by atoms with Gasteiger partial charge in [-0.05, 0) is 91.7 Å². The Balaban J connectivity index is 0.971. The fourth-order valence-electron chi connectivity index (χ4n) is 9.27. The summed E-state index contributed by atoms with van der Waals surface area (Å²) in [5.41, 5.74) is 12.7. The van der Waals surface area contributed by atoms with Crippen LogP contribution in [0.5, 0.6) is 23.0 Å². The number of hydrogen-bond acceptors (Lipinski definition) is 4. The molecule has 0 amide bonds. The lowest BCUT2D eigenvalue weighted by Crippen LogP contribution is -2.28. The van der Waals surface area contributed by atoms with Crippen molar-refractivity contribution in [1.82, 2.24) is 9.97 Å². The summed E-state index contributed by atoms with van der Waals surface area (Å²) in [6.07, 6.45) is 0. The molecule has 4 heteroatoms. The van der Waals surface area contributed by atoms with E-state index in [9.17, 15) is 0 Å². The number of para-hydroxylation sites is 3. The van der Waals surface area contributed by atoms with Crippen LogP contribution in [0.25, 0.3) is 66.6 Å². The van der Waals surface area contributed by atoms with Crippen molar-refractivity contribution < 1.29 is 9.47 Å². The fourth-order valence-corrected chi connectivity index (χ4v) is 9.27. The van der Waals surface area contributed by atoms with Crippen LogP contribution in [0.3, 0.4) is 0 Å². The highest BCUT2D eigenvalue weighted by Gasteiger charge is 2.46. The summed E-state index contributed by atoms with van der Waals surface area (Å²) >= 11 is 0. The van der Waals surface area contributed by atoms with Crippen LogP contribution in [0.2, 0.25) is 0 Å². The third-order valence-corrected chi connectivity index (χ3v) is 12.0. The van der Waals surface area contributed by atoms with Crippen molar-refractivity contribution in [2.24, 2.45) is 0 Å². The zero-order valence-corrected chi connectivity index (χ0v) is 31.8. The third kappa shape index (κ3) is 5.23. The molecule has 0 unspecified atom stereocenters. The smallest absolute Gasteiger partial charge is 0.170 e. The maximum absolute atomic E-state index is 6.50. The second kappa shape index (κ2) is 13.1. The van der Waals surface area contributed by atoms with Gasteiger partial charge >= 0.3 is 0 Å². The molecule has 1 aliphatic heterocycles. The molecule has 12 rings (SSSR count). The summed E-state index contributed by atoms with van der Waals surface area (Å²) in [5, 5.41) is 3.49. The van der Waals surface area contributed by atoms with Crippen molar-refractivity contribution in [3.63, 3.8) is 0 Å². The van der Waals surface area contributed by atoms with Crippen molar-refractivity contribution in [3.8, 4) is 67.9 Å². The number of ether oxygens (including phenoxy) is 2. The van der Waals surface area contributed by atoms with Gasteiger partial charge in [-0.3, -0.25) is 0 Å². The topological polar surface area (TPSA) is 44.2 Å². The first kappa shape index (κ1) is 33.3. The standard InChI is InChI=1S/C55H34N2O2/c1-2-12-39-33-40(26-23-35(39)11-1)36-21-24-37(25-22-36)53-45-15-5-8-18-48(45)56-54(57-53)38-27-29-41(30-28-38)55(46-16-6-3-13-43(46)44-14-4-7-17-47(44)55)42-31-32-51-52(34-42)59-50-20-10-9-19-49(50)58-51/h1-34H. The average Bonchev–Trinajstić information content (AvgIpc) is 3.61.